The molecule has 1 saturated heterocycles. The van der Waals surface area contributed by atoms with Gasteiger partial charge in [-0.15, -0.1) is 6.58 Å². The van der Waals surface area contributed by atoms with Crippen LogP contribution in [0, 0.1) is 0 Å². The van der Waals surface area contributed by atoms with Crippen molar-refractivity contribution in [2.45, 2.75) is 19.8 Å². The van der Waals surface area contributed by atoms with Crippen LogP contribution >= 0.6 is 0 Å². The van der Waals surface area contributed by atoms with E-state index in [1.165, 1.54) is 0 Å². The molecule has 0 radical (unpaired) electrons. The highest BCUT2D eigenvalue weighted by Gasteiger charge is 2.15. The first-order chi connectivity index (χ1) is 7.76. The van der Waals surface area contributed by atoms with Crippen molar-refractivity contribution in [3.8, 4) is 0 Å². The lowest BCUT2D eigenvalue weighted by molar-refractivity contribution is -0.125. The fourth-order valence-corrected chi connectivity index (χ4v) is 1.08. The van der Waals surface area contributed by atoms with E-state index < -0.39 is 0 Å². The Morgan fingerprint density at radius 3 is 2.44 bits per heavy atom. The van der Waals surface area contributed by atoms with Crippen molar-refractivity contribution >= 4 is 5.91 Å². The van der Waals surface area contributed by atoms with E-state index >= 15 is 0 Å². The number of imidazole rings is 1. The minimum Gasteiger partial charge on any atom is -0.351 e. The summed E-state index contributed by atoms with van der Waals surface area (Å²) in [6, 6.07) is 0. The van der Waals surface area contributed by atoms with Crippen LogP contribution in [-0.4, -0.2) is 27.3 Å². The maximum atomic E-state index is 10.7. The number of nitrogens with zero attached hydrogens (tertiary/aromatic N) is 2. The quantitative estimate of drug-likeness (QED) is 0.740. The first kappa shape index (κ1) is 14.2. The molecule has 4 nitrogen and oxygen atoms in total. The van der Waals surface area contributed by atoms with Crippen molar-refractivity contribution in [3.63, 3.8) is 0 Å². The molecular weight excluding hydrogens is 202 g/mol. The molecule has 0 saturated carbocycles. The summed E-state index contributed by atoms with van der Waals surface area (Å²) < 4.78 is 0. The third-order valence-corrected chi connectivity index (χ3v) is 1.74. The lowest BCUT2D eigenvalue weighted by Gasteiger charge is -2.05. The molecule has 2 heterocycles. The molecule has 1 N–H and O–H groups in total. The van der Waals surface area contributed by atoms with Gasteiger partial charge >= 0.3 is 0 Å². The van der Waals surface area contributed by atoms with Gasteiger partial charge in [-0.2, -0.15) is 0 Å². The molecule has 1 aliphatic rings. The Morgan fingerprint density at radius 2 is 2.25 bits per heavy atom. The second-order valence-electron chi connectivity index (χ2n) is 3.04. The summed E-state index contributed by atoms with van der Waals surface area (Å²) in [5.41, 5.74) is 0. The summed E-state index contributed by atoms with van der Waals surface area (Å²) in [6.07, 6.45) is 10.1. The number of H-pyrrole nitrogens is 1. The average Bonchev–Trinajstić information content (AvgIpc) is 2.91. The van der Waals surface area contributed by atoms with Gasteiger partial charge in [0.15, 0.2) is 0 Å². The molecule has 0 aromatic carbocycles. The van der Waals surface area contributed by atoms with Gasteiger partial charge in [-0.3, -0.25) is 4.79 Å². The summed E-state index contributed by atoms with van der Waals surface area (Å²) in [4.78, 5) is 18.7. The Bertz CT molecular complexity index is 276. The molecule has 1 fully saturated rings. The minimum absolute atomic E-state index is 0.208. The van der Waals surface area contributed by atoms with Gasteiger partial charge < -0.3 is 9.88 Å². The highest BCUT2D eigenvalue weighted by Crippen LogP contribution is 2.08. The van der Waals surface area contributed by atoms with E-state index in [4.69, 9.17) is 0 Å². The summed E-state index contributed by atoms with van der Waals surface area (Å²) in [5, 5.41) is 0. The molecule has 88 valence electrons. The van der Waals surface area contributed by atoms with Crippen molar-refractivity contribution in [2.24, 2.45) is 0 Å². The topological polar surface area (TPSA) is 49.0 Å². The molecule has 0 atom stereocenters. The lowest BCUT2D eigenvalue weighted by Crippen LogP contribution is -2.16. The molecule has 1 amide bonds. The van der Waals surface area contributed by atoms with E-state index in [1.54, 1.807) is 35.9 Å². The van der Waals surface area contributed by atoms with Crippen LogP contribution in [-0.2, 0) is 4.79 Å². The Labute approximate surface area is 96.7 Å². The normalized spacial score (nSPS) is 13.1. The van der Waals surface area contributed by atoms with Crippen LogP contribution in [0.3, 0.4) is 0 Å². The van der Waals surface area contributed by atoms with E-state index in [0.717, 1.165) is 13.0 Å². The number of likely N-dealkylation sites (tertiary alicyclic amines) is 1. The van der Waals surface area contributed by atoms with Crippen LogP contribution in [0.5, 0.6) is 0 Å². The van der Waals surface area contributed by atoms with Crippen LogP contribution < -0.4 is 0 Å². The Kier molecular flexibility index (Phi) is 8.59. The van der Waals surface area contributed by atoms with Gasteiger partial charge in [0.1, 0.15) is 0 Å². The van der Waals surface area contributed by atoms with Crippen molar-refractivity contribution in [2.75, 3.05) is 6.54 Å². The van der Waals surface area contributed by atoms with Crippen LogP contribution in [0.1, 0.15) is 19.8 Å². The number of aromatic amines is 1. The van der Waals surface area contributed by atoms with Gasteiger partial charge in [0.2, 0.25) is 5.91 Å². The lowest BCUT2D eigenvalue weighted by atomic mass is 10.4. The molecule has 2 rings (SSSR count). The number of amides is 1. The Morgan fingerprint density at radius 1 is 1.56 bits per heavy atom. The molecular formula is C12H19N3O. The zero-order valence-corrected chi connectivity index (χ0v) is 9.72. The standard InChI is InChI=1S/C6H9NO.C3H4N2.C3H6/c1-2-7-5-3-4-6(7)8;1-2-5-3-4-1;1-3-2/h2H,1,3-5H2;1-3H,(H,4,5);3H,1H2,2H3. The second kappa shape index (κ2) is 9.71. The zero-order valence-electron chi connectivity index (χ0n) is 9.72. The van der Waals surface area contributed by atoms with Crippen molar-refractivity contribution in [3.05, 3.63) is 44.2 Å². The Hall–Kier alpha value is -1.84. The molecule has 1 aromatic rings. The van der Waals surface area contributed by atoms with Crippen LogP contribution in [0.2, 0.25) is 0 Å². The SMILES string of the molecule is C=CC.C=CN1CCCC1=O.c1c[nH]cn1. The van der Waals surface area contributed by atoms with Gasteiger partial charge in [-0.25, -0.2) is 4.98 Å². The highest BCUT2D eigenvalue weighted by molar-refractivity contribution is 5.78. The Balaban J connectivity index is 0.000000241. The number of aromatic nitrogens is 2. The van der Waals surface area contributed by atoms with Gasteiger partial charge in [0.25, 0.3) is 0 Å². The number of nitrogens with one attached hydrogen (secondary N) is 1. The monoisotopic (exact) mass is 221 g/mol. The second-order valence-corrected chi connectivity index (χ2v) is 3.04. The number of allylic oxidation sites excluding steroid dienone is 1. The minimum atomic E-state index is 0.208. The number of hydrogen-bond donors (Lipinski definition) is 1. The molecule has 4 heteroatoms. The van der Waals surface area contributed by atoms with E-state index in [1.807, 2.05) is 6.92 Å². The first-order valence-electron chi connectivity index (χ1n) is 5.18. The van der Waals surface area contributed by atoms with Gasteiger partial charge in [-0.05, 0) is 19.5 Å². The third kappa shape index (κ3) is 6.59. The molecule has 0 spiro atoms. The van der Waals surface area contributed by atoms with Crippen LogP contribution in [0.15, 0.2) is 44.2 Å². The van der Waals surface area contributed by atoms with E-state index in [2.05, 4.69) is 23.1 Å². The highest BCUT2D eigenvalue weighted by atomic mass is 16.2. The smallest absolute Gasteiger partial charge is 0.226 e. The van der Waals surface area contributed by atoms with Gasteiger partial charge in [0.05, 0.1) is 6.33 Å². The van der Waals surface area contributed by atoms with Crippen molar-refractivity contribution < 1.29 is 4.79 Å². The van der Waals surface area contributed by atoms with E-state index in [9.17, 15) is 4.79 Å². The summed E-state index contributed by atoms with van der Waals surface area (Å²) in [6.45, 7) is 9.61. The molecule has 0 aliphatic carbocycles. The number of carbonyl (C=O) groups excluding carboxylic acids is 1. The van der Waals surface area contributed by atoms with E-state index in [-0.39, 0.29) is 5.91 Å². The maximum absolute atomic E-state index is 10.7. The third-order valence-electron chi connectivity index (χ3n) is 1.74. The van der Waals surface area contributed by atoms with Crippen molar-refractivity contribution in [1.29, 1.82) is 0 Å². The van der Waals surface area contributed by atoms with Gasteiger partial charge in [-0.1, -0.05) is 12.7 Å². The van der Waals surface area contributed by atoms with Gasteiger partial charge in [0, 0.05) is 25.4 Å². The van der Waals surface area contributed by atoms with Crippen LogP contribution in [0.4, 0.5) is 0 Å². The summed E-state index contributed by atoms with van der Waals surface area (Å²) in [7, 11) is 0. The number of carbonyl (C=O) groups is 1. The molecule has 1 aliphatic heterocycles. The number of rotatable bonds is 1. The maximum Gasteiger partial charge on any atom is 0.226 e. The predicted octanol–water partition coefficient (Wildman–Crippen LogP) is 2.35. The fraction of sp³-hybridized carbons (Fsp3) is 0.333. The average molecular weight is 221 g/mol. The largest absolute Gasteiger partial charge is 0.351 e. The summed E-state index contributed by atoms with van der Waals surface area (Å²) in [5.74, 6) is 0.208. The van der Waals surface area contributed by atoms with Crippen LogP contribution in [0.25, 0.3) is 0 Å². The molecule has 0 unspecified atom stereocenters. The van der Waals surface area contributed by atoms with Crippen molar-refractivity contribution in [1.82, 2.24) is 14.9 Å². The summed E-state index contributed by atoms with van der Waals surface area (Å²) >= 11 is 0. The van der Waals surface area contributed by atoms with E-state index in [0.29, 0.717) is 6.42 Å². The zero-order chi connectivity index (χ0) is 12.2. The fourth-order valence-electron chi connectivity index (χ4n) is 1.08. The molecule has 16 heavy (non-hydrogen) atoms. The first-order valence-corrected chi connectivity index (χ1v) is 5.18. The molecule has 0 bridgehead atoms. The number of hydrogen-bond acceptors (Lipinski definition) is 2. The molecule has 1 aromatic heterocycles. The predicted molar refractivity (Wildman–Crippen MR) is 65.6 cm³/mol.